The second-order valence-electron chi connectivity index (χ2n) is 7.74. The number of amides is 1. The molecule has 1 saturated heterocycles. The van der Waals surface area contributed by atoms with Crippen LogP contribution in [0.1, 0.15) is 15.9 Å². The van der Waals surface area contributed by atoms with Crippen molar-refractivity contribution in [2.75, 3.05) is 37.3 Å². The first-order valence-corrected chi connectivity index (χ1v) is 12.0. The first-order chi connectivity index (χ1) is 15.5. The zero-order chi connectivity index (χ0) is 23.8. The fourth-order valence-corrected chi connectivity index (χ4v) is 4.40. The van der Waals surface area contributed by atoms with Crippen LogP contribution in [-0.4, -0.2) is 61.6 Å². The van der Waals surface area contributed by atoms with Crippen molar-refractivity contribution in [2.45, 2.75) is 11.1 Å². The minimum Gasteiger partial charge on any atom is -0.368 e. The van der Waals surface area contributed by atoms with E-state index in [4.69, 9.17) is 0 Å². The van der Waals surface area contributed by atoms with Crippen LogP contribution in [0, 0.1) is 0 Å². The van der Waals surface area contributed by atoms with Gasteiger partial charge in [0.05, 0.1) is 16.0 Å². The summed E-state index contributed by atoms with van der Waals surface area (Å²) in [5.41, 5.74) is 0.639. The largest absolute Gasteiger partial charge is 0.416 e. The third-order valence-corrected chi connectivity index (χ3v) is 6.64. The van der Waals surface area contributed by atoms with Gasteiger partial charge in [0.1, 0.15) is 5.82 Å². The number of aromatic nitrogens is 2. The van der Waals surface area contributed by atoms with E-state index in [9.17, 15) is 26.4 Å². The lowest BCUT2D eigenvalue weighted by Crippen LogP contribution is -2.49. The van der Waals surface area contributed by atoms with E-state index in [2.05, 4.69) is 9.97 Å². The SMILES string of the molecule is CS(=O)(=O)c1ccc(-c2ncc[nH]2)c(C(=O)N2CCN(c3ccc(C(F)(F)F)cc3)CC2)c1. The molecule has 0 atom stereocenters. The van der Waals surface area contributed by atoms with E-state index in [1.54, 1.807) is 17.2 Å². The summed E-state index contributed by atoms with van der Waals surface area (Å²) in [6, 6.07) is 9.28. The summed E-state index contributed by atoms with van der Waals surface area (Å²) in [6.07, 6.45) is -0.171. The first-order valence-electron chi connectivity index (χ1n) is 10.1. The number of nitrogens with one attached hydrogen (secondary N) is 1. The summed E-state index contributed by atoms with van der Waals surface area (Å²) in [5, 5.41) is 0. The standard InChI is InChI=1S/C22H21F3N4O3S/c1-33(31,32)17-6-7-18(20-26-8-9-27-20)19(14-17)21(30)29-12-10-28(11-13-29)16-4-2-15(3-5-16)22(23,24)25/h2-9,14H,10-13H2,1H3,(H,26,27). The maximum atomic E-state index is 13.3. The lowest BCUT2D eigenvalue weighted by atomic mass is 10.0. The zero-order valence-electron chi connectivity index (χ0n) is 17.6. The summed E-state index contributed by atoms with van der Waals surface area (Å²) < 4.78 is 62.5. The number of H-pyrrole nitrogens is 1. The van der Waals surface area contributed by atoms with Gasteiger partial charge >= 0.3 is 6.18 Å². The normalized spacial score (nSPS) is 15.0. The molecule has 1 aromatic heterocycles. The summed E-state index contributed by atoms with van der Waals surface area (Å²) in [5.74, 6) is 0.112. The van der Waals surface area contributed by atoms with Crippen molar-refractivity contribution in [3.63, 3.8) is 0 Å². The molecule has 2 heterocycles. The van der Waals surface area contributed by atoms with Crippen LogP contribution in [0.4, 0.5) is 18.9 Å². The van der Waals surface area contributed by atoms with Crippen LogP contribution in [-0.2, 0) is 16.0 Å². The Bertz CT molecular complexity index is 1250. The highest BCUT2D eigenvalue weighted by Crippen LogP contribution is 2.31. The van der Waals surface area contributed by atoms with Crippen LogP contribution in [0.2, 0.25) is 0 Å². The van der Waals surface area contributed by atoms with Crippen LogP contribution >= 0.6 is 0 Å². The molecule has 174 valence electrons. The molecule has 0 aliphatic carbocycles. The van der Waals surface area contributed by atoms with Crippen molar-refractivity contribution < 1.29 is 26.4 Å². The van der Waals surface area contributed by atoms with Gasteiger partial charge in [0, 0.05) is 56.1 Å². The molecule has 0 bridgehead atoms. The van der Waals surface area contributed by atoms with Crippen molar-refractivity contribution in [1.29, 1.82) is 0 Å². The van der Waals surface area contributed by atoms with Gasteiger partial charge in [-0.25, -0.2) is 13.4 Å². The molecule has 4 rings (SSSR count). The smallest absolute Gasteiger partial charge is 0.368 e. The van der Waals surface area contributed by atoms with Gasteiger partial charge in [-0.3, -0.25) is 4.79 Å². The van der Waals surface area contributed by atoms with Crippen molar-refractivity contribution in [2.24, 2.45) is 0 Å². The van der Waals surface area contributed by atoms with Gasteiger partial charge < -0.3 is 14.8 Å². The molecule has 7 nitrogen and oxygen atoms in total. The molecule has 3 aromatic rings. The maximum Gasteiger partial charge on any atom is 0.416 e. The molecule has 33 heavy (non-hydrogen) atoms. The second-order valence-corrected chi connectivity index (χ2v) is 9.76. The number of rotatable bonds is 4. The van der Waals surface area contributed by atoms with E-state index in [0.29, 0.717) is 43.3 Å². The minimum atomic E-state index is -4.39. The van der Waals surface area contributed by atoms with Crippen molar-refractivity contribution in [1.82, 2.24) is 14.9 Å². The fourth-order valence-electron chi connectivity index (χ4n) is 3.75. The Balaban J connectivity index is 1.54. The number of hydrogen-bond donors (Lipinski definition) is 1. The number of carbonyl (C=O) groups is 1. The average molecular weight is 478 g/mol. The predicted molar refractivity (Wildman–Crippen MR) is 117 cm³/mol. The zero-order valence-corrected chi connectivity index (χ0v) is 18.4. The Morgan fingerprint density at radius 2 is 1.70 bits per heavy atom. The number of sulfone groups is 1. The van der Waals surface area contributed by atoms with Crippen LogP contribution in [0.5, 0.6) is 0 Å². The number of carbonyl (C=O) groups excluding carboxylic acids is 1. The number of aromatic amines is 1. The molecule has 1 fully saturated rings. The molecule has 1 amide bonds. The third kappa shape index (κ3) is 4.87. The van der Waals surface area contributed by atoms with E-state index >= 15 is 0 Å². The van der Waals surface area contributed by atoms with E-state index in [-0.39, 0.29) is 16.4 Å². The minimum absolute atomic E-state index is 0.0320. The van der Waals surface area contributed by atoms with E-state index in [0.717, 1.165) is 18.4 Å². The summed E-state index contributed by atoms with van der Waals surface area (Å²) in [7, 11) is -3.52. The highest BCUT2D eigenvalue weighted by Gasteiger charge is 2.31. The number of nitrogens with zero attached hydrogens (tertiary/aromatic N) is 3. The van der Waals surface area contributed by atoms with Crippen LogP contribution < -0.4 is 4.90 Å². The van der Waals surface area contributed by atoms with Gasteiger partial charge in [-0.2, -0.15) is 13.2 Å². The lowest BCUT2D eigenvalue weighted by molar-refractivity contribution is -0.137. The van der Waals surface area contributed by atoms with E-state index in [1.165, 1.54) is 30.5 Å². The third-order valence-electron chi connectivity index (χ3n) is 5.53. The van der Waals surface area contributed by atoms with Crippen molar-refractivity contribution in [3.8, 4) is 11.4 Å². The molecule has 1 N–H and O–H groups in total. The molecule has 1 aliphatic rings. The summed E-state index contributed by atoms with van der Waals surface area (Å²) >= 11 is 0. The average Bonchev–Trinajstić information content (AvgIpc) is 3.32. The summed E-state index contributed by atoms with van der Waals surface area (Å²) in [6.45, 7) is 1.53. The van der Waals surface area contributed by atoms with Gasteiger partial charge in [0.25, 0.3) is 5.91 Å². The summed E-state index contributed by atoms with van der Waals surface area (Å²) in [4.78, 5) is 24.0. The molecular formula is C22H21F3N4O3S. The van der Waals surface area contributed by atoms with E-state index in [1.807, 2.05) is 4.90 Å². The number of piperazine rings is 1. The molecule has 2 aromatic carbocycles. The molecule has 1 aliphatic heterocycles. The lowest BCUT2D eigenvalue weighted by Gasteiger charge is -2.36. The maximum absolute atomic E-state index is 13.3. The van der Waals surface area contributed by atoms with Crippen molar-refractivity contribution in [3.05, 3.63) is 66.0 Å². The van der Waals surface area contributed by atoms with Gasteiger partial charge in [0.2, 0.25) is 0 Å². The fraction of sp³-hybridized carbons (Fsp3) is 0.273. The highest BCUT2D eigenvalue weighted by molar-refractivity contribution is 7.90. The van der Waals surface area contributed by atoms with Gasteiger partial charge in [-0.05, 0) is 42.5 Å². The Morgan fingerprint density at radius 1 is 1.03 bits per heavy atom. The van der Waals surface area contributed by atoms with Crippen molar-refractivity contribution >= 4 is 21.4 Å². The molecular weight excluding hydrogens is 457 g/mol. The van der Waals surface area contributed by atoms with E-state index < -0.39 is 21.6 Å². The number of hydrogen-bond acceptors (Lipinski definition) is 5. The Hall–Kier alpha value is -3.34. The van der Waals surface area contributed by atoms with Gasteiger partial charge in [-0.15, -0.1) is 0 Å². The highest BCUT2D eigenvalue weighted by atomic mass is 32.2. The van der Waals surface area contributed by atoms with Crippen LogP contribution in [0.15, 0.2) is 59.8 Å². The number of benzene rings is 2. The molecule has 0 saturated carbocycles. The predicted octanol–water partition coefficient (Wildman–Crippen LogP) is 3.46. The van der Waals surface area contributed by atoms with Crippen LogP contribution in [0.3, 0.4) is 0 Å². The topological polar surface area (TPSA) is 86.4 Å². The number of anilines is 1. The first kappa shape index (κ1) is 22.8. The Labute approximate surface area is 188 Å². The molecule has 0 radical (unpaired) electrons. The second kappa shape index (κ2) is 8.54. The van der Waals surface area contributed by atoms with Gasteiger partial charge in [0.15, 0.2) is 9.84 Å². The monoisotopic (exact) mass is 478 g/mol. The van der Waals surface area contributed by atoms with Crippen LogP contribution in [0.25, 0.3) is 11.4 Å². The molecule has 11 heteroatoms. The quantitative estimate of drug-likeness (QED) is 0.621. The number of imidazole rings is 1. The molecule has 0 unspecified atom stereocenters. The Kier molecular flexibility index (Phi) is 5.91. The number of halogens is 3. The van der Waals surface area contributed by atoms with Gasteiger partial charge in [-0.1, -0.05) is 0 Å². The molecule has 0 spiro atoms. The Morgan fingerprint density at radius 3 is 2.24 bits per heavy atom. The number of alkyl halides is 3.